The molecule has 3 N–H and O–H groups in total. The van der Waals surface area contributed by atoms with Crippen LogP contribution in [-0.2, 0) is 0 Å². The Bertz CT molecular complexity index is 434. The molecule has 0 aliphatic carbocycles. The van der Waals surface area contributed by atoms with E-state index >= 15 is 0 Å². The van der Waals surface area contributed by atoms with Crippen LogP contribution in [0.2, 0.25) is 0 Å². The Morgan fingerprint density at radius 3 is 3.00 bits per heavy atom. The van der Waals surface area contributed by atoms with Crippen LogP contribution in [-0.4, -0.2) is 10.3 Å². The summed E-state index contributed by atoms with van der Waals surface area (Å²) in [5.41, 5.74) is 7.02. The molecule has 4 nitrogen and oxygen atoms in total. The highest BCUT2D eigenvalue weighted by molar-refractivity contribution is 5.92. The molecule has 2 aromatic rings. The Kier molecular flexibility index (Phi) is 1.24. The maximum atomic E-state index is 9.21. The second kappa shape index (κ2) is 2.14. The first-order valence-electron chi connectivity index (χ1n) is 3.53. The number of aryl methyl sites for hydroxylation is 1. The molecule has 0 saturated carbocycles. The molecule has 4 heteroatoms. The number of benzene rings is 1. The van der Waals surface area contributed by atoms with Crippen LogP contribution >= 0.6 is 0 Å². The molecular formula is C8H8N2O2. The zero-order valence-corrected chi connectivity index (χ0v) is 6.53. The van der Waals surface area contributed by atoms with E-state index in [9.17, 15) is 5.11 Å². The van der Waals surface area contributed by atoms with Gasteiger partial charge in [0.15, 0.2) is 5.58 Å². The third-order valence-corrected chi connectivity index (χ3v) is 1.84. The van der Waals surface area contributed by atoms with Crippen molar-refractivity contribution in [2.45, 2.75) is 6.92 Å². The van der Waals surface area contributed by atoms with Gasteiger partial charge in [0.1, 0.15) is 11.4 Å². The number of hydrogen-bond acceptors (Lipinski definition) is 4. The minimum Gasteiger partial charge on any atom is -0.506 e. The zero-order chi connectivity index (χ0) is 8.72. The molecule has 2 rings (SSSR count). The molecule has 62 valence electrons. The Morgan fingerprint density at radius 2 is 2.25 bits per heavy atom. The summed E-state index contributed by atoms with van der Waals surface area (Å²) in [6.07, 6.45) is 0. The van der Waals surface area contributed by atoms with Crippen molar-refractivity contribution >= 4 is 16.7 Å². The Morgan fingerprint density at radius 1 is 1.50 bits per heavy atom. The molecule has 0 unspecified atom stereocenters. The van der Waals surface area contributed by atoms with E-state index in [0.29, 0.717) is 5.58 Å². The van der Waals surface area contributed by atoms with Crippen LogP contribution in [0.5, 0.6) is 5.75 Å². The largest absolute Gasteiger partial charge is 0.506 e. The first-order valence-corrected chi connectivity index (χ1v) is 3.53. The van der Waals surface area contributed by atoms with Crippen LogP contribution in [0.4, 0.5) is 5.69 Å². The van der Waals surface area contributed by atoms with Gasteiger partial charge in [0.25, 0.3) is 0 Å². The highest BCUT2D eigenvalue weighted by Crippen LogP contribution is 2.30. The summed E-state index contributed by atoms with van der Waals surface area (Å²) < 4.78 is 4.93. The summed E-state index contributed by atoms with van der Waals surface area (Å²) >= 11 is 0. The van der Waals surface area contributed by atoms with Gasteiger partial charge in [-0.25, -0.2) is 0 Å². The second-order valence-electron chi connectivity index (χ2n) is 2.64. The molecule has 0 spiro atoms. The molecule has 1 aromatic heterocycles. The van der Waals surface area contributed by atoms with Gasteiger partial charge < -0.3 is 15.4 Å². The first-order chi connectivity index (χ1) is 5.70. The van der Waals surface area contributed by atoms with Gasteiger partial charge in [-0.15, -0.1) is 0 Å². The van der Waals surface area contributed by atoms with E-state index in [1.54, 1.807) is 6.07 Å². The number of rotatable bonds is 0. The molecule has 0 aliphatic heterocycles. The zero-order valence-electron chi connectivity index (χ0n) is 6.53. The lowest BCUT2D eigenvalue weighted by atomic mass is 10.2. The quantitative estimate of drug-likeness (QED) is 0.456. The summed E-state index contributed by atoms with van der Waals surface area (Å²) in [5, 5.41) is 13.8. The van der Waals surface area contributed by atoms with Gasteiger partial charge in [-0.1, -0.05) is 5.16 Å². The molecule has 0 atom stereocenters. The van der Waals surface area contributed by atoms with Gasteiger partial charge >= 0.3 is 0 Å². The molecule has 0 fully saturated rings. The highest BCUT2D eigenvalue weighted by Gasteiger charge is 2.09. The standard InChI is InChI=1S/C8H8N2O2/c1-4-5-2-3-6(11)7(9)8(5)12-10-4/h2-3,11H,9H2,1H3. The number of fused-ring (bicyclic) bond motifs is 1. The number of aromatic nitrogens is 1. The van der Waals surface area contributed by atoms with Crippen LogP contribution in [0.3, 0.4) is 0 Å². The van der Waals surface area contributed by atoms with Crippen LogP contribution < -0.4 is 5.73 Å². The molecule has 1 heterocycles. The lowest BCUT2D eigenvalue weighted by Gasteiger charge is -1.96. The average molecular weight is 164 g/mol. The molecule has 1 aromatic carbocycles. The molecule has 0 radical (unpaired) electrons. The van der Waals surface area contributed by atoms with Gasteiger partial charge in [0.05, 0.1) is 5.69 Å². The van der Waals surface area contributed by atoms with Crippen molar-refractivity contribution < 1.29 is 9.63 Å². The summed E-state index contributed by atoms with van der Waals surface area (Å²) in [4.78, 5) is 0. The van der Waals surface area contributed by atoms with Gasteiger partial charge in [-0.2, -0.15) is 0 Å². The molecule has 0 aliphatic rings. The van der Waals surface area contributed by atoms with E-state index in [4.69, 9.17) is 10.3 Å². The SMILES string of the molecule is Cc1noc2c(N)c(O)ccc12. The minimum atomic E-state index is 0.0265. The van der Waals surface area contributed by atoms with Crippen molar-refractivity contribution in [1.29, 1.82) is 0 Å². The number of hydrogen-bond donors (Lipinski definition) is 2. The van der Waals surface area contributed by atoms with E-state index in [1.165, 1.54) is 6.07 Å². The molecule has 0 bridgehead atoms. The Balaban J connectivity index is 2.93. The number of nitrogens with zero attached hydrogens (tertiary/aromatic N) is 1. The van der Waals surface area contributed by atoms with E-state index in [1.807, 2.05) is 6.92 Å². The monoisotopic (exact) mass is 164 g/mol. The lowest BCUT2D eigenvalue weighted by Crippen LogP contribution is -1.85. The fourth-order valence-corrected chi connectivity index (χ4v) is 1.14. The van der Waals surface area contributed by atoms with Crippen LogP contribution in [0.15, 0.2) is 16.7 Å². The van der Waals surface area contributed by atoms with Crippen LogP contribution in [0.1, 0.15) is 5.69 Å². The number of aromatic hydroxyl groups is 1. The van der Waals surface area contributed by atoms with Gasteiger partial charge in [0.2, 0.25) is 0 Å². The van der Waals surface area contributed by atoms with E-state index in [0.717, 1.165) is 11.1 Å². The van der Waals surface area contributed by atoms with Crippen LogP contribution in [0, 0.1) is 6.92 Å². The molecular weight excluding hydrogens is 156 g/mol. The molecule has 0 saturated heterocycles. The van der Waals surface area contributed by atoms with Crippen molar-refractivity contribution in [2.75, 3.05) is 5.73 Å². The second-order valence-corrected chi connectivity index (χ2v) is 2.64. The molecule has 0 amide bonds. The number of phenolic OH excluding ortho intramolecular Hbond substituents is 1. The van der Waals surface area contributed by atoms with E-state index in [-0.39, 0.29) is 11.4 Å². The summed E-state index contributed by atoms with van der Waals surface area (Å²) in [7, 11) is 0. The van der Waals surface area contributed by atoms with Crippen molar-refractivity contribution in [1.82, 2.24) is 5.16 Å². The predicted octanol–water partition coefficient (Wildman–Crippen LogP) is 1.42. The number of phenols is 1. The fraction of sp³-hybridized carbons (Fsp3) is 0.125. The lowest BCUT2D eigenvalue weighted by molar-refractivity contribution is 0.446. The summed E-state index contributed by atoms with van der Waals surface area (Å²) in [6, 6.07) is 3.26. The number of nitrogen functional groups attached to an aromatic ring is 1. The molecule has 12 heavy (non-hydrogen) atoms. The Labute approximate surface area is 68.6 Å². The van der Waals surface area contributed by atoms with E-state index in [2.05, 4.69) is 5.16 Å². The van der Waals surface area contributed by atoms with Crippen molar-refractivity contribution in [3.63, 3.8) is 0 Å². The van der Waals surface area contributed by atoms with Crippen molar-refractivity contribution in [3.8, 4) is 5.75 Å². The normalized spacial score (nSPS) is 10.8. The van der Waals surface area contributed by atoms with Crippen molar-refractivity contribution in [2.24, 2.45) is 0 Å². The first kappa shape index (κ1) is 6.97. The van der Waals surface area contributed by atoms with Gasteiger partial charge in [-0.3, -0.25) is 0 Å². The van der Waals surface area contributed by atoms with Gasteiger partial charge in [0, 0.05) is 5.39 Å². The Hall–Kier alpha value is -1.71. The minimum absolute atomic E-state index is 0.0265. The number of anilines is 1. The maximum Gasteiger partial charge on any atom is 0.193 e. The third kappa shape index (κ3) is 0.747. The van der Waals surface area contributed by atoms with Gasteiger partial charge in [-0.05, 0) is 19.1 Å². The average Bonchev–Trinajstić information content (AvgIpc) is 2.41. The van der Waals surface area contributed by atoms with Crippen LogP contribution in [0.25, 0.3) is 11.0 Å². The third-order valence-electron chi connectivity index (χ3n) is 1.84. The van der Waals surface area contributed by atoms with Crippen molar-refractivity contribution in [3.05, 3.63) is 17.8 Å². The van der Waals surface area contributed by atoms with E-state index < -0.39 is 0 Å². The topological polar surface area (TPSA) is 72.3 Å². The smallest absolute Gasteiger partial charge is 0.193 e. The fourth-order valence-electron chi connectivity index (χ4n) is 1.14. The number of nitrogens with two attached hydrogens (primary N) is 1. The highest BCUT2D eigenvalue weighted by atomic mass is 16.5. The predicted molar refractivity (Wildman–Crippen MR) is 44.8 cm³/mol. The maximum absolute atomic E-state index is 9.21. The summed E-state index contributed by atoms with van der Waals surface area (Å²) in [6.45, 7) is 1.82. The summed E-state index contributed by atoms with van der Waals surface area (Å²) in [5.74, 6) is 0.0265.